The van der Waals surface area contributed by atoms with Crippen LogP contribution in [0.2, 0.25) is 0 Å². The van der Waals surface area contributed by atoms with Crippen molar-refractivity contribution in [2.24, 2.45) is 0 Å². The Morgan fingerprint density at radius 3 is 2.69 bits per heavy atom. The molecule has 0 heterocycles. The minimum absolute atomic E-state index is 0.0561. The zero-order valence-corrected chi connectivity index (χ0v) is 11.1. The Kier molecular flexibility index (Phi) is 4.21. The molecule has 1 atom stereocenters. The Hall–Kier alpha value is -0.740. The van der Waals surface area contributed by atoms with Crippen molar-refractivity contribution in [2.45, 2.75) is 25.9 Å². The first-order valence-corrected chi connectivity index (χ1v) is 5.79. The molecule has 0 aliphatic heterocycles. The van der Waals surface area contributed by atoms with Gasteiger partial charge in [0.25, 0.3) is 0 Å². The summed E-state index contributed by atoms with van der Waals surface area (Å²) in [5.74, 6) is -0.875. The van der Waals surface area contributed by atoms with E-state index in [0.29, 0.717) is 6.42 Å². The van der Waals surface area contributed by atoms with Crippen LogP contribution in [0.15, 0.2) is 22.7 Å². The van der Waals surface area contributed by atoms with Crippen molar-refractivity contribution in [3.05, 3.63) is 34.1 Å². The number of benzene rings is 1. The predicted molar refractivity (Wildman–Crippen MR) is 64.1 cm³/mol. The molecule has 0 saturated heterocycles. The van der Waals surface area contributed by atoms with Gasteiger partial charge >= 0.3 is 0 Å². The lowest BCUT2D eigenvalue weighted by Gasteiger charge is -2.25. The van der Waals surface area contributed by atoms with E-state index in [2.05, 4.69) is 15.9 Å². The number of halogens is 2. The first-order chi connectivity index (χ1) is 7.46. The van der Waals surface area contributed by atoms with Crippen molar-refractivity contribution in [1.29, 1.82) is 0 Å². The lowest BCUT2D eigenvalue weighted by Crippen LogP contribution is -2.37. The summed E-state index contributed by atoms with van der Waals surface area (Å²) in [4.78, 5) is 12.1. The van der Waals surface area contributed by atoms with Crippen molar-refractivity contribution in [3.8, 4) is 0 Å². The fourth-order valence-electron chi connectivity index (χ4n) is 1.36. The van der Waals surface area contributed by atoms with Gasteiger partial charge < -0.3 is 4.74 Å². The van der Waals surface area contributed by atoms with Gasteiger partial charge in [-0.05, 0) is 41.4 Å². The number of hydrogen-bond donors (Lipinski definition) is 0. The molecule has 2 nitrogen and oxygen atoms in total. The molecule has 1 aromatic rings. The Balaban J connectivity index is 3.19. The highest BCUT2D eigenvalue weighted by Crippen LogP contribution is 2.25. The van der Waals surface area contributed by atoms with Gasteiger partial charge in [0, 0.05) is 7.11 Å². The largest absolute Gasteiger partial charge is 0.370 e. The van der Waals surface area contributed by atoms with Gasteiger partial charge in [-0.25, -0.2) is 4.39 Å². The summed E-state index contributed by atoms with van der Waals surface area (Å²) in [6.07, 6.45) is 0.494. The fraction of sp³-hybridized carbons (Fsp3) is 0.417. The van der Waals surface area contributed by atoms with Crippen molar-refractivity contribution < 1.29 is 13.9 Å². The van der Waals surface area contributed by atoms with Gasteiger partial charge in [0.2, 0.25) is 0 Å². The molecule has 0 fully saturated rings. The molecule has 0 aliphatic carbocycles. The maximum atomic E-state index is 13.7. The van der Waals surface area contributed by atoms with E-state index in [-0.39, 0.29) is 15.8 Å². The van der Waals surface area contributed by atoms with Crippen LogP contribution in [0.3, 0.4) is 0 Å². The Labute approximate surface area is 103 Å². The molecule has 0 saturated carbocycles. The Morgan fingerprint density at radius 1 is 1.56 bits per heavy atom. The second-order valence-corrected chi connectivity index (χ2v) is 4.57. The molecule has 4 heteroatoms. The smallest absolute Gasteiger partial charge is 0.197 e. The van der Waals surface area contributed by atoms with Gasteiger partial charge in [0.05, 0.1) is 10.0 Å². The lowest BCUT2D eigenvalue weighted by molar-refractivity contribution is 0.0102. The van der Waals surface area contributed by atoms with E-state index in [4.69, 9.17) is 4.74 Å². The molecule has 0 aliphatic rings. The zero-order valence-electron chi connectivity index (χ0n) is 9.51. The van der Waals surface area contributed by atoms with Crippen LogP contribution in [0.1, 0.15) is 30.6 Å². The number of carbonyl (C=O) groups is 1. The molecule has 0 spiro atoms. The number of ketones is 1. The van der Waals surface area contributed by atoms with E-state index < -0.39 is 11.4 Å². The maximum absolute atomic E-state index is 13.7. The van der Waals surface area contributed by atoms with E-state index in [1.807, 2.05) is 6.92 Å². The van der Waals surface area contributed by atoms with E-state index in [9.17, 15) is 9.18 Å². The molecule has 1 unspecified atom stereocenters. The molecule has 0 aromatic heterocycles. The monoisotopic (exact) mass is 288 g/mol. The van der Waals surface area contributed by atoms with Crippen molar-refractivity contribution in [2.75, 3.05) is 7.11 Å². The number of methoxy groups -OCH3 is 1. The van der Waals surface area contributed by atoms with Crippen LogP contribution in [0.25, 0.3) is 0 Å². The summed E-state index contributed by atoms with van der Waals surface area (Å²) in [5.41, 5.74) is -0.915. The average molecular weight is 289 g/mol. The molecule has 0 N–H and O–H groups in total. The molecule has 0 bridgehead atoms. The molecule has 0 radical (unpaired) electrons. The van der Waals surface area contributed by atoms with Gasteiger partial charge in [-0.2, -0.15) is 0 Å². The van der Waals surface area contributed by atoms with Gasteiger partial charge in [-0.1, -0.05) is 13.0 Å². The maximum Gasteiger partial charge on any atom is 0.197 e. The zero-order chi connectivity index (χ0) is 12.3. The van der Waals surface area contributed by atoms with Crippen LogP contribution in [0, 0.1) is 5.82 Å². The second-order valence-electron chi connectivity index (χ2n) is 3.72. The SMILES string of the molecule is CCC(C)(OC)C(=O)c1cccc(Br)c1F. The van der Waals surface area contributed by atoms with Crippen LogP contribution >= 0.6 is 15.9 Å². The minimum Gasteiger partial charge on any atom is -0.370 e. The number of hydrogen-bond acceptors (Lipinski definition) is 2. The second kappa shape index (κ2) is 5.06. The predicted octanol–water partition coefficient (Wildman–Crippen LogP) is 3.59. The van der Waals surface area contributed by atoms with Gasteiger partial charge in [-0.15, -0.1) is 0 Å². The number of carbonyl (C=O) groups excluding carboxylic acids is 1. The van der Waals surface area contributed by atoms with Crippen molar-refractivity contribution >= 4 is 21.7 Å². The van der Waals surface area contributed by atoms with E-state index in [1.54, 1.807) is 19.1 Å². The fourth-order valence-corrected chi connectivity index (χ4v) is 1.73. The first kappa shape index (κ1) is 13.3. The number of Topliss-reactive ketones (excluding diaryl/α,β-unsaturated/α-hetero) is 1. The summed E-state index contributed by atoms with van der Waals surface area (Å²) >= 11 is 3.06. The van der Waals surface area contributed by atoms with E-state index >= 15 is 0 Å². The van der Waals surface area contributed by atoms with Crippen LogP contribution in [0.5, 0.6) is 0 Å². The highest BCUT2D eigenvalue weighted by Gasteiger charge is 2.33. The molecule has 0 amide bonds. The average Bonchev–Trinajstić information content (AvgIpc) is 2.31. The van der Waals surface area contributed by atoms with Crippen LogP contribution in [-0.4, -0.2) is 18.5 Å². The van der Waals surface area contributed by atoms with Crippen molar-refractivity contribution in [1.82, 2.24) is 0 Å². The summed E-state index contributed by atoms with van der Waals surface area (Å²) in [6, 6.07) is 4.66. The third kappa shape index (κ3) is 2.33. The van der Waals surface area contributed by atoms with Crippen LogP contribution in [0.4, 0.5) is 4.39 Å². The Morgan fingerprint density at radius 2 is 2.19 bits per heavy atom. The Bertz CT molecular complexity index is 400. The molecule has 1 aromatic carbocycles. The molecule has 1 rings (SSSR count). The molecule has 16 heavy (non-hydrogen) atoms. The first-order valence-electron chi connectivity index (χ1n) is 5.00. The minimum atomic E-state index is -0.971. The van der Waals surface area contributed by atoms with Gasteiger partial charge in [0.1, 0.15) is 11.4 Å². The lowest BCUT2D eigenvalue weighted by atomic mass is 9.92. The molecule has 88 valence electrons. The summed E-state index contributed by atoms with van der Waals surface area (Å²) < 4.78 is 19.2. The van der Waals surface area contributed by atoms with Crippen LogP contribution in [-0.2, 0) is 4.74 Å². The number of ether oxygens (including phenoxy) is 1. The van der Waals surface area contributed by atoms with E-state index in [1.165, 1.54) is 13.2 Å². The number of rotatable bonds is 4. The standard InChI is InChI=1S/C12H14BrFO2/c1-4-12(2,16-3)11(15)8-6-5-7-9(13)10(8)14/h5-7H,4H2,1-3H3. The van der Waals surface area contributed by atoms with Crippen molar-refractivity contribution in [3.63, 3.8) is 0 Å². The quantitative estimate of drug-likeness (QED) is 0.792. The van der Waals surface area contributed by atoms with E-state index in [0.717, 1.165) is 0 Å². The third-order valence-electron chi connectivity index (χ3n) is 2.80. The van der Waals surface area contributed by atoms with Gasteiger partial charge in [-0.3, -0.25) is 4.79 Å². The highest BCUT2D eigenvalue weighted by molar-refractivity contribution is 9.10. The topological polar surface area (TPSA) is 26.3 Å². The summed E-state index contributed by atoms with van der Waals surface area (Å²) in [6.45, 7) is 3.49. The summed E-state index contributed by atoms with van der Waals surface area (Å²) in [5, 5.41) is 0. The normalized spacial score (nSPS) is 14.6. The third-order valence-corrected chi connectivity index (χ3v) is 3.41. The highest BCUT2D eigenvalue weighted by atomic mass is 79.9. The summed E-state index contributed by atoms with van der Waals surface area (Å²) in [7, 11) is 1.46. The van der Waals surface area contributed by atoms with Gasteiger partial charge in [0.15, 0.2) is 5.78 Å². The molecular weight excluding hydrogens is 275 g/mol. The van der Waals surface area contributed by atoms with Crippen LogP contribution < -0.4 is 0 Å². The molecular formula is C12H14BrFO2.